The first-order valence-electron chi connectivity index (χ1n) is 9.27. The summed E-state index contributed by atoms with van der Waals surface area (Å²) in [6, 6.07) is 14.3. The van der Waals surface area contributed by atoms with Gasteiger partial charge < -0.3 is 14.8 Å². The molecule has 31 heavy (non-hydrogen) atoms. The van der Waals surface area contributed by atoms with Gasteiger partial charge in [0.15, 0.2) is 22.3 Å². The second-order valence-electron chi connectivity index (χ2n) is 6.41. The molecule has 2 N–H and O–H groups in total. The van der Waals surface area contributed by atoms with E-state index >= 15 is 0 Å². The highest BCUT2D eigenvalue weighted by atomic mass is 32.2. The number of methoxy groups -OCH3 is 2. The van der Waals surface area contributed by atoms with Crippen LogP contribution in [0.1, 0.15) is 0 Å². The Hall–Kier alpha value is -3.79. The van der Waals surface area contributed by atoms with Gasteiger partial charge in [0, 0.05) is 11.8 Å². The van der Waals surface area contributed by atoms with Crippen LogP contribution in [0.5, 0.6) is 11.5 Å². The third-order valence-corrected chi connectivity index (χ3v) is 5.40. The first-order valence-corrected chi connectivity index (χ1v) is 10.3. The summed E-state index contributed by atoms with van der Waals surface area (Å²) in [5.41, 5.74) is 1.35. The number of nitrogens with zero attached hydrogens (tertiary/aromatic N) is 3. The highest BCUT2D eigenvalue weighted by Gasteiger charge is 2.16. The molecule has 0 saturated heterocycles. The molecule has 4 rings (SSSR count). The topological polar surface area (TPSA) is 111 Å². The van der Waals surface area contributed by atoms with E-state index in [4.69, 9.17) is 9.47 Å². The van der Waals surface area contributed by atoms with Crippen LogP contribution in [0.3, 0.4) is 0 Å². The van der Waals surface area contributed by atoms with Crippen molar-refractivity contribution in [3.05, 3.63) is 65.1 Å². The number of thioether (sulfide) groups is 1. The van der Waals surface area contributed by atoms with Gasteiger partial charge in [0.25, 0.3) is 5.56 Å². The zero-order valence-electron chi connectivity index (χ0n) is 16.8. The molecule has 0 bridgehead atoms. The number of carbonyl (C=O) groups is 1. The van der Waals surface area contributed by atoms with Crippen LogP contribution in [0.4, 0.5) is 5.69 Å². The van der Waals surface area contributed by atoms with E-state index in [-0.39, 0.29) is 17.2 Å². The maximum Gasteiger partial charge on any atom is 0.269 e. The molecule has 0 fully saturated rings. The largest absolute Gasteiger partial charge is 0.493 e. The Balaban J connectivity index is 1.58. The lowest BCUT2D eigenvalue weighted by Gasteiger charge is -2.12. The van der Waals surface area contributed by atoms with E-state index in [1.165, 1.54) is 17.9 Å². The fourth-order valence-electron chi connectivity index (χ4n) is 3.02. The second-order valence-corrected chi connectivity index (χ2v) is 7.35. The maximum absolute atomic E-state index is 13.0. The van der Waals surface area contributed by atoms with Gasteiger partial charge >= 0.3 is 0 Å². The van der Waals surface area contributed by atoms with Gasteiger partial charge in [-0.1, -0.05) is 30.0 Å². The van der Waals surface area contributed by atoms with Crippen molar-refractivity contribution < 1.29 is 14.3 Å². The highest BCUT2D eigenvalue weighted by Crippen LogP contribution is 2.30. The number of benzene rings is 2. The van der Waals surface area contributed by atoms with Crippen LogP contribution < -0.4 is 20.3 Å². The van der Waals surface area contributed by atoms with E-state index in [2.05, 4.69) is 20.5 Å². The molecule has 0 atom stereocenters. The summed E-state index contributed by atoms with van der Waals surface area (Å²) in [7, 11) is 3.07. The molecule has 0 saturated carbocycles. The molecule has 9 nitrogen and oxygen atoms in total. The van der Waals surface area contributed by atoms with Gasteiger partial charge in [-0.2, -0.15) is 5.10 Å². The standard InChI is InChI=1S/C21H19N5O4S/c1-29-16-9-8-13(10-17(16)30-2)23-18(27)12-31-21-24-19-15(11-22-25-19)20(28)26(21)14-6-4-3-5-7-14/h3-11H,12H2,1-2H3,(H,22,25)(H,23,27). The number of nitrogens with one attached hydrogen (secondary N) is 2. The number of hydrogen-bond donors (Lipinski definition) is 2. The first-order chi connectivity index (χ1) is 15.1. The molecule has 0 spiro atoms. The molecule has 0 aliphatic carbocycles. The number of aromatic nitrogens is 4. The van der Waals surface area contributed by atoms with Gasteiger partial charge in [-0.3, -0.25) is 19.3 Å². The van der Waals surface area contributed by atoms with E-state index in [9.17, 15) is 9.59 Å². The molecular formula is C21H19N5O4S. The van der Waals surface area contributed by atoms with Crippen LogP contribution in [0.25, 0.3) is 16.7 Å². The monoisotopic (exact) mass is 437 g/mol. The number of amides is 1. The third-order valence-electron chi connectivity index (χ3n) is 4.47. The van der Waals surface area contributed by atoms with Crippen molar-refractivity contribution in [2.45, 2.75) is 5.16 Å². The maximum atomic E-state index is 13.0. The summed E-state index contributed by atoms with van der Waals surface area (Å²) in [5, 5.41) is 10.2. The Morgan fingerprint density at radius 1 is 1.13 bits per heavy atom. The van der Waals surface area contributed by atoms with E-state index in [0.717, 1.165) is 11.8 Å². The summed E-state index contributed by atoms with van der Waals surface area (Å²) < 4.78 is 11.9. The number of para-hydroxylation sites is 1. The molecule has 158 valence electrons. The number of H-pyrrole nitrogens is 1. The van der Waals surface area contributed by atoms with Crippen molar-refractivity contribution in [3.63, 3.8) is 0 Å². The van der Waals surface area contributed by atoms with Crippen LogP contribution in [-0.2, 0) is 4.79 Å². The predicted molar refractivity (Wildman–Crippen MR) is 118 cm³/mol. The fourth-order valence-corrected chi connectivity index (χ4v) is 3.82. The molecule has 0 radical (unpaired) electrons. The number of aromatic amines is 1. The zero-order chi connectivity index (χ0) is 21.8. The number of ether oxygens (including phenoxy) is 2. The summed E-state index contributed by atoms with van der Waals surface area (Å²) in [4.78, 5) is 30.0. The molecule has 2 heterocycles. The minimum absolute atomic E-state index is 0.0489. The highest BCUT2D eigenvalue weighted by molar-refractivity contribution is 7.99. The second kappa shape index (κ2) is 8.92. The van der Waals surface area contributed by atoms with Crippen molar-refractivity contribution in [3.8, 4) is 17.2 Å². The molecule has 10 heteroatoms. The first kappa shape index (κ1) is 20.5. The Morgan fingerprint density at radius 3 is 2.65 bits per heavy atom. The molecule has 1 amide bonds. The molecule has 0 aliphatic heterocycles. The minimum Gasteiger partial charge on any atom is -0.493 e. The summed E-state index contributed by atoms with van der Waals surface area (Å²) in [6.07, 6.45) is 1.45. The Kier molecular flexibility index (Phi) is 5.89. The van der Waals surface area contributed by atoms with E-state index in [1.54, 1.807) is 25.3 Å². The van der Waals surface area contributed by atoms with Crippen molar-refractivity contribution in [1.29, 1.82) is 0 Å². The van der Waals surface area contributed by atoms with Crippen molar-refractivity contribution in [2.24, 2.45) is 0 Å². The minimum atomic E-state index is -0.257. The van der Waals surface area contributed by atoms with Crippen LogP contribution in [0.2, 0.25) is 0 Å². The Bertz CT molecular complexity index is 1290. The summed E-state index contributed by atoms with van der Waals surface area (Å²) >= 11 is 1.16. The normalized spacial score (nSPS) is 10.8. The summed E-state index contributed by atoms with van der Waals surface area (Å²) in [5.74, 6) is 0.875. The molecule has 0 aliphatic rings. The van der Waals surface area contributed by atoms with Crippen LogP contribution >= 0.6 is 11.8 Å². The molecule has 2 aromatic heterocycles. The van der Waals surface area contributed by atoms with Gasteiger partial charge in [0.2, 0.25) is 5.91 Å². The van der Waals surface area contributed by atoms with Gasteiger partial charge in [0.05, 0.1) is 31.9 Å². The Labute approximate surface area is 181 Å². The van der Waals surface area contributed by atoms with E-state index in [0.29, 0.717) is 39.1 Å². The summed E-state index contributed by atoms with van der Waals surface area (Å²) in [6.45, 7) is 0. The van der Waals surface area contributed by atoms with Crippen LogP contribution in [0.15, 0.2) is 64.7 Å². The fraction of sp³-hybridized carbons (Fsp3) is 0.143. The molecular weight excluding hydrogens is 418 g/mol. The number of hydrogen-bond acceptors (Lipinski definition) is 7. The van der Waals surface area contributed by atoms with Crippen LogP contribution in [-0.4, -0.2) is 45.6 Å². The van der Waals surface area contributed by atoms with E-state index < -0.39 is 0 Å². The Morgan fingerprint density at radius 2 is 1.90 bits per heavy atom. The average Bonchev–Trinajstić information content (AvgIpc) is 3.27. The SMILES string of the molecule is COc1ccc(NC(=O)CSc2nc3[nH]ncc3c(=O)n2-c2ccccc2)cc1OC. The zero-order valence-corrected chi connectivity index (χ0v) is 17.6. The lowest BCUT2D eigenvalue weighted by molar-refractivity contribution is -0.113. The molecule has 2 aromatic carbocycles. The number of carbonyl (C=O) groups excluding carboxylic acids is 1. The van der Waals surface area contributed by atoms with Gasteiger partial charge in [0.1, 0.15) is 5.39 Å². The average molecular weight is 437 g/mol. The molecule has 4 aromatic rings. The quantitative estimate of drug-likeness (QED) is 0.338. The number of rotatable bonds is 7. The number of fused-ring (bicyclic) bond motifs is 1. The third kappa shape index (κ3) is 4.24. The van der Waals surface area contributed by atoms with E-state index in [1.807, 2.05) is 30.3 Å². The van der Waals surface area contributed by atoms with Gasteiger partial charge in [-0.25, -0.2) is 4.98 Å². The smallest absolute Gasteiger partial charge is 0.269 e. The van der Waals surface area contributed by atoms with Gasteiger partial charge in [-0.15, -0.1) is 0 Å². The molecule has 0 unspecified atom stereocenters. The van der Waals surface area contributed by atoms with Crippen LogP contribution in [0, 0.1) is 0 Å². The number of anilines is 1. The van der Waals surface area contributed by atoms with Crippen molar-refractivity contribution >= 4 is 34.4 Å². The van der Waals surface area contributed by atoms with Crippen molar-refractivity contribution in [1.82, 2.24) is 19.7 Å². The van der Waals surface area contributed by atoms with Crippen molar-refractivity contribution in [2.75, 3.05) is 25.3 Å². The van der Waals surface area contributed by atoms with Gasteiger partial charge in [-0.05, 0) is 24.3 Å². The lowest BCUT2D eigenvalue weighted by Crippen LogP contribution is -2.22. The predicted octanol–water partition coefficient (Wildman–Crippen LogP) is 2.86. The lowest BCUT2D eigenvalue weighted by atomic mass is 10.2.